The summed E-state index contributed by atoms with van der Waals surface area (Å²) in [5, 5.41) is 2.96. The molecule has 0 aliphatic heterocycles. The van der Waals surface area contributed by atoms with E-state index in [9.17, 15) is 0 Å². The standard InChI is InChI=1S/C8H14N2.C2H6/c1-4-6-7(9)8(5-2)10-3;1-2/h4-6,10H,1,9H2,2-3H3;1-2H3/b7-6+,8-5+;. The molecule has 0 saturated heterocycles. The Bertz CT molecular complexity index is 167. The molecule has 0 aromatic carbocycles. The summed E-state index contributed by atoms with van der Waals surface area (Å²) in [5.41, 5.74) is 7.25. The first-order valence-corrected chi connectivity index (χ1v) is 4.18. The zero-order valence-electron chi connectivity index (χ0n) is 8.52. The average molecular weight is 168 g/mol. The van der Waals surface area contributed by atoms with Crippen LogP contribution in [0.2, 0.25) is 0 Å². The molecule has 0 saturated carbocycles. The molecule has 0 amide bonds. The van der Waals surface area contributed by atoms with Gasteiger partial charge in [-0.2, -0.15) is 0 Å². The Morgan fingerprint density at radius 1 is 1.42 bits per heavy atom. The van der Waals surface area contributed by atoms with Crippen molar-refractivity contribution in [2.45, 2.75) is 20.8 Å². The number of allylic oxidation sites excluding steroid dienone is 3. The number of hydrogen-bond acceptors (Lipinski definition) is 2. The summed E-state index contributed by atoms with van der Waals surface area (Å²) in [5.74, 6) is 0. The zero-order valence-corrected chi connectivity index (χ0v) is 8.52. The first-order chi connectivity index (χ1) is 5.76. The third-order valence-corrected chi connectivity index (χ3v) is 1.17. The van der Waals surface area contributed by atoms with E-state index in [2.05, 4.69) is 11.9 Å². The Balaban J connectivity index is 0. The molecule has 0 atom stereocenters. The van der Waals surface area contributed by atoms with Gasteiger partial charge < -0.3 is 11.1 Å². The van der Waals surface area contributed by atoms with Crippen LogP contribution in [0.1, 0.15) is 20.8 Å². The van der Waals surface area contributed by atoms with Crippen molar-refractivity contribution in [3.8, 4) is 0 Å². The molecule has 0 bridgehead atoms. The highest BCUT2D eigenvalue weighted by Crippen LogP contribution is 1.97. The maximum atomic E-state index is 5.61. The Morgan fingerprint density at radius 2 is 1.92 bits per heavy atom. The minimum absolute atomic E-state index is 0.708. The summed E-state index contributed by atoms with van der Waals surface area (Å²) in [6, 6.07) is 0. The van der Waals surface area contributed by atoms with E-state index in [1.54, 1.807) is 12.2 Å². The molecular formula is C10H20N2. The van der Waals surface area contributed by atoms with Crippen LogP contribution in [0.4, 0.5) is 0 Å². The van der Waals surface area contributed by atoms with Gasteiger partial charge in [0.15, 0.2) is 0 Å². The molecule has 0 radical (unpaired) electrons. The van der Waals surface area contributed by atoms with E-state index in [0.717, 1.165) is 5.70 Å². The van der Waals surface area contributed by atoms with E-state index in [1.165, 1.54) is 0 Å². The highest BCUT2D eigenvalue weighted by molar-refractivity contribution is 5.28. The smallest absolute Gasteiger partial charge is 0.0546 e. The van der Waals surface area contributed by atoms with Crippen molar-refractivity contribution in [2.24, 2.45) is 5.73 Å². The second kappa shape index (κ2) is 9.82. The van der Waals surface area contributed by atoms with Crippen LogP contribution in [0.15, 0.2) is 36.2 Å². The van der Waals surface area contributed by atoms with Crippen LogP contribution in [0.3, 0.4) is 0 Å². The molecule has 0 rings (SSSR count). The third-order valence-electron chi connectivity index (χ3n) is 1.17. The van der Waals surface area contributed by atoms with E-state index >= 15 is 0 Å². The lowest BCUT2D eigenvalue weighted by molar-refractivity contribution is 0.984. The van der Waals surface area contributed by atoms with Gasteiger partial charge in [-0.25, -0.2) is 0 Å². The molecule has 70 valence electrons. The van der Waals surface area contributed by atoms with Crippen molar-refractivity contribution < 1.29 is 0 Å². The van der Waals surface area contributed by atoms with E-state index in [-0.39, 0.29) is 0 Å². The fourth-order valence-electron chi connectivity index (χ4n) is 0.672. The van der Waals surface area contributed by atoms with Gasteiger partial charge in [-0.3, -0.25) is 0 Å². The zero-order chi connectivity index (χ0) is 9.98. The lowest BCUT2D eigenvalue weighted by Gasteiger charge is -2.04. The fourth-order valence-corrected chi connectivity index (χ4v) is 0.672. The fraction of sp³-hybridized carbons (Fsp3) is 0.400. The Morgan fingerprint density at radius 3 is 2.17 bits per heavy atom. The number of nitrogens with one attached hydrogen (secondary N) is 1. The third kappa shape index (κ3) is 5.59. The Kier molecular flexibility index (Phi) is 11.0. The highest BCUT2D eigenvalue weighted by Gasteiger charge is 1.91. The molecule has 0 aliphatic rings. The summed E-state index contributed by atoms with van der Waals surface area (Å²) >= 11 is 0. The van der Waals surface area contributed by atoms with Gasteiger partial charge in [0.1, 0.15) is 0 Å². The molecule has 2 nitrogen and oxygen atoms in total. The monoisotopic (exact) mass is 168 g/mol. The number of likely N-dealkylation sites (N-methyl/N-ethyl adjacent to an activating group) is 1. The summed E-state index contributed by atoms with van der Waals surface area (Å²) in [6.45, 7) is 9.47. The molecule has 3 N–H and O–H groups in total. The first-order valence-electron chi connectivity index (χ1n) is 4.18. The number of nitrogens with two attached hydrogens (primary N) is 1. The van der Waals surface area contributed by atoms with Crippen molar-refractivity contribution in [3.05, 3.63) is 36.2 Å². The highest BCUT2D eigenvalue weighted by atomic mass is 14.9. The normalized spacial score (nSPS) is 11.3. The van der Waals surface area contributed by atoms with Crippen LogP contribution in [0.25, 0.3) is 0 Å². The summed E-state index contributed by atoms with van der Waals surface area (Å²) in [4.78, 5) is 0. The lowest BCUT2D eigenvalue weighted by atomic mass is 10.3. The second-order valence-electron chi connectivity index (χ2n) is 1.81. The molecule has 0 aromatic heterocycles. The molecule has 0 unspecified atom stereocenters. The van der Waals surface area contributed by atoms with E-state index in [1.807, 2.05) is 33.9 Å². The van der Waals surface area contributed by atoms with Crippen LogP contribution in [0, 0.1) is 0 Å². The summed E-state index contributed by atoms with van der Waals surface area (Å²) in [7, 11) is 1.83. The van der Waals surface area contributed by atoms with E-state index < -0.39 is 0 Å². The molecule has 2 heteroatoms. The predicted molar refractivity (Wildman–Crippen MR) is 56.6 cm³/mol. The van der Waals surface area contributed by atoms with Crippen molar-refractivity contribution in [1.82, 2.24) is 5.32 Å². The minimum Gasteiger partial charge on any atom is -0.397 e. The summed E-state index contributed by atoms with van der Waals surface area (Å²) in [6.07, 6.45) is 5.33. The van der Waals surface area contributed by atoms with Gasteiger partial charge in [-0.15, -0.1) is 0 Å². The molecule has 0 spiro atoms. The van der Waals surface area contributed by atoms with Gasteiger partial charge in [-0.05, 0) is 13.0 Å². The van der Waals surface area contributed by atoms with Gasteiger partial charge in [0.2, 0.25) is 0 Å². The van der Waals surface area contributed by atoms with Gasteiger partial charge >= 0.3 is 0 Å². The molecule has 12 heavy (non-hydrogen) atoms. The van der Waals surface area contributed by atoms with Crippen LogP contribution in [-0.2, 0) is 0 Å². The van der Waals surface area contributed by atoms with Crippen molar-refractivity contribution >= 4 is 0 Å². The van der Waals surface area contributed by atoms with Gasteiger partial charge in [0, 0.05) is 7.05 Å². The second-order valence-corrected chi connectivity index (χ2v) is 1.81. The molecule has 0 heterocycles. The SMILES string of the molecule is C=C/C=C(N)\C(=C/C)NC.CC. The van der Waals surface area contributed by atoms with Crippen molar-refractivity contribution in [1.29, 1.82) is 0 Å². The number of hydrogen-bond donors (Lipinski definition) is 2. The Hall–Kier alpha value is -1.18. The van der Waals surface area contributed by atoms with Gasteiger partial charge in [-0.1, -0.05) is 32.6 Å². The molecular weight excluding hydrogens is 148 g/mol. The lowest BCUT2D eigenvalue weighted by Crippen LogP contribution is -2.13. The first kappa shape index (κ1) is 13.4. The van der Waals surface area contributed by atoms with Gasteiger partial charge in [0.25, 0.3) is 0 Å². The molecule has 0 fully saturated rings. The van der Waals surface area contributed by atoms with Crippen LogP contribution in [0.5, 0.6) is 0 Å². The quantitative estimate of drug-likeness (QED) is 0.634. The minimum atomic E-state index is 0.708. The largest absolute Gasteiger partial charge is 0.397 e. The average Bonchev–Trinajstić information content (AvgIpc) is 2.11. The number of rotatable bonds is 3. The van der Waals surface area contributed by atoms with Crippen LogP contribution in [-0.4, -0.2) is 7.05 Å². The van der Waals surface area contributed by atoms with Crippen LogP contribution >= 0.6 is 0 Å². The van der Waals surface area contributed by atoms with E-state index in [0.29, 0.717) is 5.70 Å². The maximum absolute atomic E-state index is 5.61. The topological polar surface area (TPSA) is 38.0 Å². The van der Waals surface area contributed by atoms with Gasteiger partial charge in [0.05, 0.1) is 11.4 Å². The van der Waals surface area contributed by atoms with Crippen molar-refractivity contribution in [2.75, 3.05) is 7.05 Å². The van der Waals surface area contributed by atoms with Crippen LogP contribution < -0.4 is 11.1 Å². The van der Waals surface area contributed by atoms with Crippen molar-refractivity contribution in [3.63, 3.8) is 0 Å². The Labute approximate surface area is 75.9 Å². The summed E-state index contributed by atoms with van der Waals surface area (Å²) < 4.78 is 0. The molecule has 0 aliphatic carbocycles. The molecule has 0 aromatic rings. The maximum Gasteiger partial charge on any atom is 0.0546 e. The van der Waals surface area contributed by atoms with E-state index in [4.69, 9.17) is 5.73 Å². The predicted octanol–water partition coefficient (Wildman–Crippen LogP) is 2.16.